The normalized spacial score (nSPS) is 18.0. The van der Waals surface area contributed by atoms with Crippen molar-refractivity contribution in [3.63, 3.8) is 0 Å². The molecule has 1 saturated heterocycles. The maximum Gasteiger partial charge on any atom is 0.256 e. The van der Waals surface area contributed by atoms with Gasteiger partial charge in [0.2, 0.25) is 0 Å². The Kier molecular flexibility index (Phi) is 8.39. The molecule has 0 saturated carbocycles. The standard InChI is InChI=1S/C21H34N2O3/c1-4-13-21(2,25-3)20(24)22-18-9-11-19(12-10-18)26-17-16-23-14-7-5-6-8-15-23/h9-12H,4-8,13-17H2,1-3H3,(H,22,24). The monoisotopic (exact) mass is 362 g/mol. The average molecular weight is 363 g/mol. The minimum atomic E-state index is -0.795. The van der Waals surface area contributed by atoms with Crippen molar-refractivity contribution in [1.29, 1.82) is 0 Å². The molecule has 1 heterocycles. The summed E-state index contributed by atoms with van der Waals surface area (Å²) in [7, 11) is 1.58. The summed E-state index contributed by atoms with van der Waals surface area (Å²) >= 11 is 0. The Morgan fingerprint density at radius 2 is 1.81 bits per heavy atom. The summed E-state index contributed by atoms with van der Waals surface area (Å²) in [6.45, 7) is 7.91. The number of amides is 1. The van der Waals surface area contributed by atoms with E-state index in [0.29, 0.717) is 13.0 Å². The topological polar surface area (TPSA) is 50.8 Å². The average Bonchev–Trinajstić information content (AvgIpc) is 2.92. The van der Waals surface area contributed by atoms with Crippen molar-refractivity contribution in [2.24, 2.45) is 0 Å². The fraction of sp³-hybridized carbons (Fsp3) is 0.667. The number of carbonyl (C=O) groups excluding carboxylic acids is 1. The number of nitrogens with zero attached hydrogens (tertiary/aromatic N) is 1. The van der Waals surface area contributed by atoms with Gasteiger partial charge in [-0.2, -0.15) is 0 Å². The number of rotatable bonds is 9. The quantitative estimate of drug-likeness (QED) is 0.719. The Morgan fingerprint density at radius 3 is 2.38 bits per heavy atom. The molecule has 26 heavy (non-hydrogen) atoms. The highest BCUT2D eigenvalue weighted by atomic mass is 16.5. The summed E-state index contributed by atoms with van der Waals surface area (Å²) in [5.74, 6) is 0.720. The van der Waals surface area contributed by atoms with Crippen LogP contribution in [-0.4, -0.2) is 49.8 Å². The van der Waals surface area contributed by atoms with Gasteiger partial charge in [0, 0.05) is 19.3 Å². The predicted octanol–water partition coefficient (Wildman–Crippen LogP) is 4.09. The molecule has 1 aromatic carbocycles. The van der Waals surface area contributed by atoms with Crippen LogP contribution in [0.15, 0.2) is 24.3 Å². The molecule has 0 aromatic heterocycles. The molecule has 146 valence electrons. The maximum atomic E-state index is 12.4. The largest absolute Gasteiger partial charge is 0.492 e. The van der Waals surface area contributed by atoms with E-state index in [2.05, 4.69) is 10.2 Å². The number of hydrogen-bond acceptors (Lipinski definition) is 4. The van der Waals surface area contributed by atoms with Crippen molar-refractivity contribution in [2.45, 2.75) is 58.0 Å². The number of carbonyl (C=O) groups is 1. The van der Waals surface area contributed by atoms with Gasteiger partial charge < -0.3 is 14.8 Å². The minimum absolute atomic E-state index is 0.114. The van der Waals surface area contributed by atoms with E-state index in [9.17, 15) is 4.79 Å². The van der Waals surface area contributed by atoms with Crippen molar-refractivity contribution in [2.75, 3.05) is 38.7 Å². The Morgan fingerprint density at radius 1 is 1.15 bits per heavy atom. The number of methoxy groups -OCH3 is 1. The molecule has 0 bridgehead atoms. The summed E-state index contributed by atoms with van der Waals surface area (Å²) in [6.07, 6.45) is 6.88. The lowest BCUT2D eigenvalue weighted by molar-refractivity contribution is -0.136. The van der Waals surface area contributed by atoms with Crippen LogP contribution < -0.4 is 10.1 Å². The van der Waals surface area contributed by atoms with Crippen LogP contribution in [0.2, 0.25) is 0 Å². The van der Waals surface area contributed by atoms with Gasteiger partial charge in [-0.1, -0.05) is 26.2 Å². The number of anilines is 1. The molecule has 0 spiro atoms. The van der Waals surface area contributed by atoms with Gasteiger partial charge in [-0.05, 0) is 63.5 Å². The predicted molar refractivity (Wildman–Crippen MR) is 106 cm³/mol. The fourth-order valence-electron chi connectivity index (χ4n) is 3.34. The summed E-state index contributed by atoms with van der Waals surface area (Å²) in [5.41, 5.74) is -0.0360. The Hall–Kier alpha value is -1.59. The first-order valence-electron chi connectivity index (χ1n) is 9.89. The molecule has 1 unspecified atom stereocenters. The van der Waals surface area contributed by atoms with Crippen LogP contribution in [0.4, 0.5) is 5.69 Å². The number of likely N-dealkylation sites (tertiary alicyclic amines) is 1. The van der Waals surface area contributed by atoms with Crippen molar-refractivity contribution >= 4 is 11.6 Å². The molecule has 0 aliphatic carbocycles. The van der Waals surface area contributed by atoms with Gasteiger partial charge in [-0.25, -0.2) is 0 Å². The first-order valence-corrected chi connectivity index (χ1v) is 9.89. The smallest absolute Gasteiger partial charge is 0.256 e. The van der Waals surface area contributed by atoms with Crippen molar-refractivity contribution in [3.05, 3.63) is 24.3 Å². The highest BCUT2D eigenvalue weighted by Gasteiger charge is 2.32. The molecule has 5 heteroatoms. The molecule has 2 rings (SSSR count). The third kappa shape index (κ3) is 6.29. The lowest BCUT2D eigenvalue weighted by Crippen LogP contribution is -2.41. The summed E-state index contributed by atoms with van der Waals surface area (Å²) < 4.78 is 11.3. The Bertz CT molecular complexity index is 539. The minimum Gasteiger partial charge on any atom is -0.492 e. The molecule has 1 atom stereocenters. The Balaban J connectivity index is 1.79. The lowest BCUT2D eigenvalue weighted by atomic mass is 9.99. The van der Waals surface area contributed by atoms with Gasteiger partial charge in [0.1, 0.15) is 18.0 Å². The molecular weight excluding hydrogens is 328 g/mol. The fourth-order valence-corrected chi connectivity index (χ4v) is 3.34. The summed E-state index contributed by atoms with van der Waals surface area (Å²) in [5, 5.41) is 2.93. The zero-order valence-corrected chi connectivity index (χ0v) is 16.6. The number of hydrogen-bond donors (Lipinski definition) is 1. The van der Waals surface area contributed by atoms with Gasteiger partial charge in [-0.15, -0.1) is 0 Å². The summed E-state index contributed by atoms with van der Waals surface area (Å²) in [4.78, 5) is 14.9. The van der Waals surface area contributed by atoms with Crippen LogP contribution in [0, 0.1) is 0 Å². The molecule has 1 aromatic rings. The number of benzene rings is 1. The van der Waals surface area contributed by atoms with E-state index >= 15 is 0 Å². The van der Waals surface area contributed by atoms with Crippen LogP contribution in [0.25, 0.3) is 0 Å². The van der Waals surface area contributed by atoms with Gasteiger partial charge >= 0.3 is 0 Å². The van der Waals surface area contributed by atoms with Crippen LogP contribution in [-0.2, 0) is 9.53 Å². The highest BCUT2D eigenvalue weighted by Crippen LogP contribution is 2.21. The second-order valence-electron chi connectivity index (χ2n) is 7.27. The maximum absolute atomic E-state index is 12.4. The second kappa shape index (κ2) is 10.5. The molecule has 1 aliphatic heterocycles. The Labute approximate surface area is 158 Å². The van der Waals surface area contributed by atoms with Crippen LogP contribution in [0.1, 0.15) is 52.4 Å². The van der Waals surface area contributed by atoms with Crippen LogP contribution >= 0.6 is 0 Å². The van der Waals surface area contributed by atoms with Crippen molar-refractivity contribution in [3.8, 4) is 5.75 Å². The second-order valence-corrected chi connectivity index (χ2v) is 7.27. The van der Waals surface area contributed by atoms with E-state index in [-0.39, 0.29) is 5.91 Å². The van der Waals surface area contributed by atoms with Crippen LogP contribution in [0.3, 0.4) is 0 Å². The molecule has 0 radical (unpaired) electrons. The van der Waals surface area contributed by atoms with E-state index in [1.54, 1.807) is 7.11 Å². The van der Waals surface area contributed by atoms with Gasteiger partial charge in [0.25, 0.3) is 5.91 Å². The molecule has 1 amide bonds. The zero-order valence-electron chi connectivity index (χ0n) is 16.6. The number of ether oxygens (including phenoxy) is 2. The molecular formula is C21H34N2O3. The molecule has 1 fully saturated rings. The molecule has 5 nitrogen and oxygen atoms in total. The molecule has 1 aliphatic rings. The van der Waals surface area contributed by atoms with Crippen molar-refractivity contribution in [1.82, 2.24) is 4.90 Å². The first kappa shape index (κ1) is 20.7. The third-order valence-corrected chi connectivity index (χ3v) is 5.15. The van der Waals surface area contributed by atoms with E-state index in [1.165, 1.54) is 38.8 Å². The van der Waals surface area contributed by atoms with Gasteiger partial charge in [0.05, 0.1) is 0 Å². The third-order valence-electron chi connectivity index (χ3n) is 5.15. The van der Waals surface area contributed by atoms with E-state index in [0.717, 1.165) is 24.4 Å². The van der Waals surface area contributed by atoms with E-state index in [4.69, 9.17) is 9.47 Å². The van der Waals surface area contributed by atoms with Crippen LogP contribution in [0.5, 0.6) is 5.75 Å². The zero-order chi connectivity index (χ0) is 18.8. The first-order chi connectivity index (χ1) is 12.6. The number of nitrogens with one attached hydrogen (secondary N) is 1. The van der Waals surface area contributed by atoms with Gasteiger partial charge in [0.15, 0.2) is 0 Å². The highest BCUT2D eigenvalue weighted by molar-refractivity contribution is 5.97. The van der Waals surface area contributed by atoms with Crippen molar-refractivity contribution < 1.29 is 14.3 Å². The summed E-state index contributed by atoms with van der Waals surface area (Å²) in [6, 6.07) is 7.56. The lowest BCUT2D eigenvalue weighted by Gasteiger charge is -2.26. The van der Waals surface area contributed by atoms with E-state index in [1.807, 2.05) is 38.1 Å². The molecule has 1 N–H and O–H groups in total. The van der Waals surface area contributed by atoms with Gasteiger partial charge in [-0.3, -0.25) is 9.69 Å². The SMILES string of the molecule is CCCC(C)(OC)C(=O)Nc1ccc(OCCN2CCCCCC2)cc1. The van der Waals surface area contributed by atoms with E-state index < -0.39 is 5.60 Å².